The summed E-state index contributed by atoms with van der Waals surface area (Å²) in [6.07, 6.45) is 0.485. The minimum Gasteiger partial charge on any atom is -0.337 e. The van der Waals surface area contributed by atoms with Gasteiger partial charge in [0.25, 0.3) is 5.91 Å². The number of para-hydroxylation sites is 1. The summed E-state index contributed by atoms with van der Waals surface area (Å²) in [5.74, 6) is -1.92. The van der Waals surface area contributed by atoms with Crippen molar-refractivity contribution in [3.63, 3.8) is 0 Å². The van der Waals surface area contributed by atoms with E-state index in [2.05, 4.69) is 15.5 Å². The summed E-state index contributed by atoms with van der Waals surface area (Å²) >= 11 is 0. The Hall–Kier alpha value is -4.41. The SMILES string of the molecule is Cc1cc(C(=O)N2CCC(n3cc(NC(=O)Cc4ccc(C(C)C(F)(F)F)cc4)cn3)CC2)n(-c2ccccc2)n1. The van der Waals surface area contributed by atoms with Crippen molar-refractivity contribution in [3.8, 4) is 5.69 Å². The fourth-order valence-electron chi connectivity index (χ4n) is 5.02. The summed E-state index contributed by atoms with van der Waals surface area (Å²) in [6.45, 7) is 4.11. The van der Waals surface area contributed by atoms with Crippen LogP contribution in [0.3, 0.4) is 0 Å². The maximum absolute atomic E-state index is 13.4. The number of hydrogen-bond acceptors (Lipinski definition) is 4. The number of benzene rings is 2. The van der Waals surface area contributed by atoms with E-state index in [1.807, 2.05) is 46.8 Å². The monoisotopic (exact) mass is 564 g/mol. The molecule has 0 aliphatic carbocycles. The normalized spacial score (nSPS) is 15.1. The van der Waals surface area contributed by atoms with Gasteiger partial charge in [0.2, 0.25) is 5.91 Å². The molecule has 0 saturated carbocycles. The number of amides is 2. The number of hydrogen-bond donors (Lipinski definition) is 1. The zero-order chi connectivity index (χ0) is 29.1. The van der Waals surface area contributed by atoms with Gasteiger partial charge >= 0.3 is 6.18 Å². The number of alkyl halides is 3. The van der Waals surface area contributed by atoms with Gasteiger partial charge in [-0.25, -0.2) is 4.68 Å². The van der Waals surface area contributed by atoms with E-state index in [0.29, 0.717) is 42.9 Å². The van der Waals surface area contributed by atoms with Crippen LogP contribution < -0.4 is 5.32 Å². The second-order valence-electron chi connectivity index (χ2n) is 10.4. The largest absolute Gasteiger partial charge is 0.395 e. The summed E-state index contributed by atoms with van der Waals surface area (Å²) in [5, 5.41) is 11.7. The van der Waals surface area contributed by atoms with Crippen LogP contribution >= 0.6 is 0 Å². The van der Waals surface area contributed by atoms with Gasteiger partial charge in [-0.05, 0) is 56.0 Å². The zero-order valence-corrected chi connectivity index (χ0v) is 22.8. The van der Waals surface area contributed by atoms with Gasteiger partial charge in [0, 0.05) is 19.3 Å². The van der Waals surface area contributed by atoms with Crippen molar-refractivity contribution in [2.75, 3.05) is 18.4 Å². The van der Waals surface area contributed by atoms with Crippen molar-refractivity contribution < 1.29 is 22.8 Å². The number of piperidine rings is 1. The molecule has 0 radical (unpaired) electrons. The number of carbonyl (C=O) groups is 2. The molecule has 1 aliphatic heterocycles. The lowest BCUT2D eigenvalue weighted by molar-refractivity contribution is -0.146. The molecular weight excluding hydrogens is 533 g/mol. The van der Waals surface area contributed by atoms with Crippen molar-refractivity contribution in [3.05, 3.63) is 95.6 Å². The van der Waals surface area contributed by atoms with E-state index in [1.54, 1.807) is 35.3 Å². The Balaban J connectivity index is 1.15. The summed E-state index contributed by atoms with van der Waals surface area (Å²) in [6, 6.07) is 17.4. The van der Waals surface area contributed by atoms with Crippen molar-refractivity contribution >= 4 is 17.5 Å². The number of nitrogens with one attached hydrogen (secondary N) is 1. The lowest BCUT2D eigenvalue weighted by atomic mass is 9.98. The Morgan fingerprint density at radius 2 is 1.73 bits per heavy atom. The molecule has 11 heteroatoms. The molecule has 214 valence electrons. The van der Waals surface area contributed by atoms with Gasteiger partial charge in [-0.15, -0.1) is 0 Å². The standard InChI is InChI=1S/C30H31F3N6O2/c1-20-16-27(39(36-20)26-6-4-3-5-7-26)29(41)37-14-12-25(13-15-37)38-19-24(18-34-38)35-28(40)17-22-8-10-23(11-9-22)21(2)30(31,32)33/h3-11,16,18-19,21,25H,12-15,17H2,1-2H3,(H,35,40). The maximum atomic E-state index is 13.4. The lowest BCUT2D eigenvalue weighted by Gasteiger charge is -2.32. The maximum Gasteiger partial charge on any atom is 0.395 e. The van der Waals surface area contributed by atoms with Gasteiger partial charge in [-0.2, -0.15) is 23.4 Å². The first kappa shape index (κ1) is 28.1. The average Bonchev–Trinajstić information content (AvgIpc) is 3.59. The summed E-state index contributed by atoms with van der Waals surface area (Å²) in [5.41, 5.74) is 3.45. The van der Waals surface area contributed by atoms with E-state index < -0.39 is 12.1 Å². The number of aromatic nitrogens is 4. The Bertz CT molecular complexity index is 1500. The first-order chi connectivity index (χ1) is 19.6. The van der Waals surface area contributed by atoms with Crippen molar-refractivity contribution in [2.24, 2.45) is 0 Å². The molecule has 2 aromatic heterocycles. The van der Waals surface area contributed by atoms with Crippen LogP contribution in [-0.4, -0.2) is 55.5 Å². The molecule has 1 N–H and O–H groups in total. The number of anilines is 1. The first-order valence-electron chi connectivity index (χ1n) is 13.5. The quantitative estimate of drug-likeness (QED) is 0.312. The van der Waals surface area contributed by atoms with Gasteiger partial charge in [-0.1, -0.05) is 42.5 Å². The lowest BCUT2D eigenvalue weighted by Crippen LogP contribution is -2.40. The molecule has 1 atom stereocenters. The fraction of sp³-hybridized carbons (Fsp3) is 0.333. The third-order valence-electron chi connectivity index (χ3n) is 7.40. The van der Waals surface area contributed by atoms with Crippen LogP contribution in [0.4, 0.5) is 18.9 Å². The predicted molar refractivity (Wildman–Crippen MR) is 148 cm³/mol. The van der Waals surface area contributed by atoms with Crippen LogP contribution in [0, 0.1) is 6.92 Å². The Kier molecular flexibility index (Phi) is 7.96. The second kappa shape index (κ2) is 11.6. The Morgan fingerprint density at radius 1 is 1.05 bits per heavy atom. The minimum atomic E-state index is -4.31. The van der Waals surface area contributed by atoms with E-state index in [-0.39, 0.29) is 29.8 Å². The van der Waals surface area contributed by atoms with Crippen molar-refractivity contribution in [1.29, 1.82) is 0 Å². The van der Waals surface area contributed by atoms with Gasteiger partial charge in [0.1, 0.15) is 5.69 Å². The van der Waals surface area contributed by atoms with Gasteiger partial charge in [0.15, 0.2) is 0 Å². The third kappa shape index (κ3) is 6.50. The Labute approximate surface area is 235 Å². The van der Waals surface area contributed by atoms with Crippen molar-refractivity contribution in [1.82, 2.24) is 24.5 Å². The average molecular weight is 565 g/mol. The third-order valence-corrected chi connectivity index (χ3v) is 7.40. The molecule has 1 saturated heterocycles. The van der Waals surface area contributed by atoms with Crippen LogP contribution in [0.1, 0.15) is 59.0 Å². The predicted octanol–water partition coefficient (Wildman–Crippen LogP) is 5.70. The molecule has 1 aliphatic rings. The smallest absolute Gasteiger partial charge is 0.337 e. The molecule has 2 aromatic carbocycles. The number of aryl methyl sites for hydroxylation is 1. The highest BCUT2D eigenvalue weighted by atomic mass is 19.4. The molecule has 5 rings (SSSR count). The molecule has 41 heavy (non-hydrogen) atoms. The zero-order valence-electron chi connectivity index (χ0n) is 22.8. The number of halogens is 3. The molecule has 3 heterocycles. The molecular formula is C30H31F3N6O2. The van der Waals surface area contributed by atoms with Crippen LogP contribution in [0.15, 0.2) is 73.1 Å². The molecule has 0 bridgehead atoms. The van der Waals surface area contributed by atoms with E-state index in [1.165, 1.54) is 12.1 Å². The van der Waals surface area contributed by atoms with Gasteiger partial charge in [0.05, 0.1) is 41.6 Å². The van der Waals surface area contributed by atoms with Crippen LogP contribution in [0.5, 0.6) is 0 Å². The van der Waals surface area contributed by atoms with E-state index in [9.17, 15) is 22.8 Å². The first-order valence-corrected chi connectivity index (χ1v) is 13.5. The number of carbonyl (C=O) groups excluding carboxylic acids is 2. The minimum absolute atomic E-state index is 0.0331. The van der Waals surface area contributed by atoms with Gasteiger partial charge in [-0.3, -0.25) is 14.3 Å². The van der Waals surface area contributed by atoms with E-state index >= 15 is 0 Å². The number of likely N-dealkylation sites (tertiary alicyclic amines) is 1. The number of rotatable bonds is 7. The molecule has 0 spiro atoms. The topological polar surface area (TPSA) is 85.0 Å². The highest BCUT2D eigenvalue weighted by Gasteiger charge is 2.36. The van der Waals surface area contributed by atoms with Crippen LogP contribution in [0.2, 0.25) is 0 Å². The van der Waals surface area contributed by atoms with Gasteiger partial charge < -0.3 is 10.2 Å². The second-order valence-corrected chi connectivity index (χ2v) is 10.4. The highest BCUT2D eigenvalue weighted by molar-refractivity contribution is 5.93. The van der Waals surface area contributed by atoms with Crippen LogP contribution in [0.25, 0.3) is 5.69 Å². The molecule has 1 unspecified atom stereocenters. The van der Waals surface area contributed by atoms with Crippen molar-refractivity contribution in [2.45, 2.75) is 51.2 Å². The fourth-order valence-corrected chi connectivity index (χ4v) is 5.02. The summed E-state index contributed by atoms with van der Waals surface area (Å²) in [4.78, 5) is 27.7. The Morgan fingerprint density at radius 3 is 2.39 bits per heavy atom. The molecule has 1 fully saturated rings. The molecule has 8 nitrogen and oxygen atoms in total. The van der Waals surface area contributed by atoms with E-state index in [0.717, 1.165) is 18.3 Å². The van der Waals surface area contributed by atoms with Crippen LogP contribution in [-0.2, 0) is 11.2 Å². The molecule has 4 aromatic rings. The highest BCUT2D eigenvalue weighted by Crippen LogP contribution is 2.34. The number of nitrogens with zero attached hydrogens (tertiary/aromatic N) is 5. The summed E-state index contributed by atoms with van der Waals surface area (Å²) in [7, 11) is 0. The van der Waals surface area contributed by atoms with E-state index in [4.69, 9.17) is 0 Å². The summed E-state index contributed by atoms with van der Waals surface area (Å²) < 4.78 is 42.3. The molecule has 2 amide bonds.